The van der Waals surface area contributed by atoms with Crippen molar-refractivity contribution in [3.8, 4) is 11.5 Å². The molecule has 0 aromatic heterocycles. The number of hydrogen-bond donors (Lipinski definition) is 1. The summed E-state index contributed by atoms with van der Waals surface area (Å²) in [6.07, 6.45) is 0. The van der Waals surface area contributed by atoms with Gasteiger partial charge in [-0.05, 0) is 30.1 Å². The maximum Gasteiger partial charge on any atom is 0.138 e. The van der Waals surface area contributed by atoms with E-state index in [4.69, 9.17) is 9.47 Å². The molecule has 1 N–H and O–H groups in total. The molecule has 0 unspecified atom stereocenters. The zero-order valence-corrected chi connectivity index (χ0v) is 12.2. The molecule has 20 heavy (non-hydrogen) atoms. The summed E-state index contributed by atoms with van der Waals surface area (Å²) in [6, 6.07) is 12.3. The highest BCUT2D eigenvalue weighted by molar-refractivity contribution is 7.97. The number of halogens is 1. The van der Waals surface area contributed by atoms with Gasteiger partial charge in [-0.1, -0.05) is 18.2 Å². The highest BCUT2D eigenvalue weighted by Gasteiger charge is 2.06. The van der Waals surface area contributed by atoms with Gasteiger partial charge in [0.2, 0.25) is 0 Å². The van der Waals surface area contributed by atoms with Crippen LogP contribution in [0, 0.1) is 5.82 Å². The summed E-state index contributed by atoms with van der Waals surface area (Å²) in [6.45, 7) is 0.562. The monoisotopic (exact) mass is 293 g/mol. The lowest BCUT2D eigenvalue weighted by molar-refractivity contribution is 0.391. The van der Waals surface area contributed by atoms with Crippen LogP contribution in [0.3, 0.4) is 0 Å². The van der Waals surface area contributed by atoms with Crippen LogP contribution in [0.25, 0.3) is 0 Å². The van der Waals surface area contributed by atoms with Crippen LogP contribution >= 0.6 is 11.9 Å². The van der Waals surface area contributed by atoms with Gasteiger partial charge in [-0.3, -0.25) is 4.72 Å². The molecule has 106 valence electrons. The molecule has 2 aromatic rings. The van der Waals surface area contributed by atoms with E-state index in [0.29, 0.717) is 11.4 Å². The molecule has 0 amide bonds. The minimum atomic E-state index is -0.230. The molecule has 2 rings (SSSR count). The first-order valence-corrected chi connectivity index (χ1v) is 6.91. The van der Waals surface area contributed by atoms with E-state index in [1.807, 2.05) is 18.2 Å². The van der Waals surface area contributed by atoms with Crippen LogP contribution in [0.2, 0.25) is 0 Å². The molecule has 0 aliphatic carbocycles. The Kier molecular flexibility index (Phi) is 5.26. The van der Waals surface area contributed by atoms with Crippen molar-refractivity contribution in [3.63, 3.8) is 0 Å². The Morgan fingerprint density at radius 2 is 1.90 bits per heavy atom. The van der Waals surface area contributed by atoms with Gasteiger partial charge in [0.1, 0.15) is 17.3 Å². The van der Waals surface area contributed by atoms with Crippen LogP contribution in [0.15, 0.2) is 47.4 Å². The van der Waals surface area contributed by atoms with E-state index in [1.54, 1.807) is 32.4 Å². The standard InChI is InChI=1S/C15H16FNO2S/c1-18-12-8-7-11(14(9-12)19-2)10-17-20-15-6-4-3-5-13(15)16/h3-9,17H,10H2,1-2H3. The van der Waals surface area contributed by atoms with Crippen molar-refractivity contribution >= 4 is 11.9 Å². The highest BCUT2D eigenvalue weighted by Crippen LogP contribution is 2.26. The average Bonchev–Trinajstić information content (AvgIpc) is 2.49. The number of nitrogens with one attached hydrogen (secondary N) is 1. The van der Waals surface area contributed by atoms with E-state index in [9.17, 15) is 4.39 Å². The summed E-state index contributed by atoms with van der Waals surface area (Å²) in [5.41, 5.74) is 0.983. The van der Waals surface area contributed by atoms with E-state index >= 15 is 0 Å². The van der Waals surface area contributed by atoms with Gasteiger partial charge in [0, 0.05) is 18.2 Å². The number of ether oxygens (including phenoxy) is 2. The quantitative estimate of drug-likeness (QED) is 0.824. The molecule has 0 atom stereocenters. The minimum absolute atomic E-state index is 0.230. The minimum Gasteiger partial charge on any atom is -0.497 e. The fourth-order valence-electron chi connectivity index (χ4n) is 1.72. The van der Waals surface area contributed by atoms with Crippen LogP contribution in [-0.2, 0) is 6.54 Å². The molecule has 0 radical (unpaired) electrons. The van der Waals surface area contributed by atoms with Crippen molar-refractivity contribution in [2.45, 2.75) is 11.4 Å². The van der Waals surface area contributed by atoms with E-state index in [1.165, 1.54) is 18.0 Å². The highest BCUT2D eigenvalue weighted by atomic mass is 32.2. The third-order valence-electron chi connectivity index (χ3n) is 2.78. The molecule has 0 spiro atoms. The summed E-state index contributed by atoms with van der Waals surface area (Å²) in [5.74, 6) is 1.25. The van der Waals surface area contributed by atoms with Gasteiger partial charge in [-0.25, -0.2) is 4.39 Å². The van der Waals surface area contributed by atoms with Gasteiger partial charge >= 0.3 is 0 Å². The zero-order chi connectivity index (χ0) is 14.4. The largest absolute Gasteiger partial charge is 0.497 e. The van der Waals surface area contributed by atoms with Crippen LogP contribution < -0.4 is 14.2 Å². The molecule has 3 nitrogen and oxygen atoms in total. The number of methoxy groups -OCH3 is 2. The number of benzene rings is 2. The van der Waals surface area contributed by atoms with Gasteiger partial charge in [-0.2, -0.15) is 0 Å². The molecule has 0 fully saturated rings. The Hall–Kier alpha value is -1.72. The fraction of sp³-hybridized carbons (Fsp3) is 0.200. The van der Waals surface area contributed by atoms with Crippen molar-refractivity contribution in [3.05, 3.63) is 53.8 Å². The van der Waals surface area contributed by atoms with Gasteiger partial charge < -0.3 is 9.47 Å². The molecular weight excluding hydrogens is 277 g/mol. The predicted octanol–water partition coefficient (Wildman–Crippen LogP) is 3.64. The molecule has 5 heteroatoms. The summed E-state index contributed by atoms with van der Waals surface area (Å²) < 4.78 is 27.0. The predicted molar refractivity (Wildman–Crippen MR) is 78.6 cm³/mol. The second-order valence-electron chi connectivity index (χ2n) is 4.03. The van der Waals surface area contributed by atoms with Crippen molar-refractivity contribution in [2.75, 3.05) is 14.2 Å². The van der Waals surface area contributed by atoms with Crippen LogP contribution in [0.1, 0.15) is 5.56 Å². The van der Waals surface area contributed by atoms with Crippen molar-refractivity contribution in [2.24, 2.45) is 0 Å². The Morgan fingerprint density at radius 3 is 2.60 bits per heavy atom. The lowest BCUT2D eigenvalue weighted by Gasteiger charge is -2.11. The van der Waals surface area contributed by atoms with E-state index < -0.39 is 0 Å². The maximum atomic E-state index is 13.5. The van der Waals surface area contributed by atoms with Gasteiger partial charge in [-0.15, -0.1) is 0 Å². The summed E-state index contributed by atoms with van der Waals surface area (Å²) >= 11 is 1.26. The Balaban J connectivity index is 1.99. The Labute approximate surface area is 122 Å². The summed E-state index contributed by atoms with van der Waals surface area (Å²) in [4.78, 5) is 0.569. The molecule has 0 bridgehead atoms. The summed E-state index contributed by atoms with van der Waals surface area (Å²) in [5, 5.41) is 0. The first kappa shape index (κ1) is 14.7. The molecular formula is C15H16FNO2S. The van der Waals surface area contributed by atoms with Crippen LogP contribution in [0.4, 0.5) is 4.39 Å². The SMILES string of the molecule is COc1ccc(CNSc2ccccc2F)c(OC)c1. The zero-order valence-electron chi connectivity index (χ0n) is 11.4. The molecule has 0 aliphatic heterocycles. The fourth-order valence-corrected chi connectivity index (χ4v) is 2.41. The third kappa shape index (κ3) is 3.65. The molecule has 2 aromatic carbocycles. The lowest BCUT2D eigenvalue weighted by atomic mass is 10.2. The summed E-state index contributed by atoms with van der Waals surface area (Å²) in [7, 11) is 3.23. The first-order valence-electron chi connectivity index (χ1n) is 6.09. The Morgan fingerprint density at radius 1 is 1.10 bits per heavy atom. The van der Waals surface area contributed by atoms with E-state index in [2.05, 4.69) is 4.72 Å². The third-order valence-corrected chi connectivity index (χ3v) is 3.62. The second-order valence-corrected chi connectivity index (χ2v) is 4.96. The molecule has 0 saturated carbocycles. The first-order chi connectivity index (χ1) is 9.74. The second kappa shape index (κ2) is 7.17. The number of rotatable bonds is 6. The van der Waals surface area contributed by atoms with Crippen molar-refractivity contribution in [1.82, 2.24) is 4.72 Å². The average molecular weight is 293 g/mol. The number of hydrogen-bond acceptors (Lipinski definition) is 4. The smallest absolute Gasteiger partial charge is 0.138 e. The van der Waals surface area contributed by atoms with Crippen LogP contribution in [0.5, 0.6) is 11.5 Å². The van der Waals surface area contributed by atoms with E-state index in [-0.39, 0.29) is 5.82 Å². The molecule has 0 heterocycles. The topological polar surface area (TPSA) is 30.5 Å². The van der Waals surface area contributed by atoms with Crippen LogP contribution in [-0.4, -0.2) is 14.2 Å². The van der Waals surface area contributed by atoms with Gasteiger partial charge in [0.05, 0.1) is 19.1 Å². The Bertz CT molecular complexity index is 578. The molecule has 0 aliphatic rings. The maximum absolute atomic E-state index is 13.5. The van der Waals surface area contributed by atoms with Crippen molar-refractivity contribution < 1.29 is 13.9 Å². The normalized spacial score (nSPS) is 10.3. The van der Waals surface area contributed by atoms with Crippen molar-refractivity contribution in [1.29, 1.82) is 0 Å². The molecule has 0 saturated heterocycles. The van der Waals surface area contributed by atoms with Gasteiger partial charge in [0.25, 0.3) is 0 Å². The van der Waals surface area contributed by atoms with Gasteiger partial charge in [0.15, 0.2) is 0 Å². The lowest BCUT2D eigenvalue weighted by Crippen LogP contribution is -2.05. The van der Waals surface area contributed by atoms with E-state index in [0.717, 1.165) is 17.1 Å².